The number of rotatable bonds is 8. The van der Waals surface area contributed by atoms with Crippen LogP contribution in [0.3, 0.4) is 0 Å². The summed E-state index contributed by atoms with van der Waals surface area (Å²) < 4.78 is 12.1. The molecule has 0 amide bonds. The third-order valence-electron chi connectivity index (χ3n) is 6.01. The maximum Gasteiger partial charge on any atom is 0.200 e. The largest absolute Gasteiger partial charge is 0.465 e. The molecule has 1 fully saturated rings. The second-order valence-electron chi connectivity index (χ2n) is 8.39. The molecular formula is C24H36O4. The molecule has 1 aromatic carbocycles. The highest BCUT2D eigenvalue weighted by atomic mass is 16.7. The monoisotopic (exact) mass is 388 g/mol. The van der Waals surface area contributed by atoms with Crippen LogP contribution in [0, 0.1) is 0 Å². The molecule has 4 nitrogen and oxygen atoms in total. The molecule has 1 aromatic rings. The van der Waals surface area contributed by atoms with E-state index in [0.29, 0.717) is 18.8 Å². The summed E-state index contributed by atoms with van der Waals surface area (Å²) in [7, 11) is 0. The van der Waals surface area contributed by atoms with Crippen LogP contribution < -0.4 is 4.74 Å². The highest BCUT2D eigenvalue weighted by Crippen LogP contribution is 2.38. The fourth-order valence-corrected chi connectivity index (χ4v) is 4.32. The van der Waals surface area contributed by atoms with Crippen molar-refractivity contribution in [3.63, 3.8) is 0 Å². The van der Waals surface area contributed by atoms with Gasteiger partial charge >= 0.3 is 0 Å². The molecule has 1 aliphatic carbocycles. The van der Waals surface area contributed by atoms with E-state index in [2.05, 4.69) is 38.1 Å². The number of aliphatic hydroxyl groups excluding tert-OH is 2. The quantitative estimate of drug-likeness (QED) is 0.493. The van der Waals surface area contributed by atoms with Gasteiger partial charge in [-0.05, 0) is 57.1 Å². The Morgan fingerprint density at radius 1 is 1.18 bits per heavy atom. The summed E-state index contributed by atoms with van der Waals surface area (Å²) >= 11 is 0. The molecule has 156 valence electrons. The van der Waals surface area contributed by atoms with Gasteiger partial charge in [-0.1, -0.05) is 43.5 Å². The van der Waals surface area contributed by atoms with Crippen LogP contribution in [0.4, 0.5) is 0 Å². The van der Waals surface area contributed by atoms with Gasteiger partial charge in [0, 0.05) is 17.9 Å². The first kappa shape index (κ1) is 21.4. The molecular weight excluding hydrogens is 352 g/mol. The van der Waals surface area contributed by atoms with Crippen molar-refractivity contribution < 1.29 is 19.7 Å². The van der Waals surface area contributed by atoms with Gasteiger partial charge in [-0.15, -0.1) is 0 Å². The van der Waals surface area contributed by atoms with Gasteiger partial charge in [0.25, 0.3) is 0 Å². The SMILES string of the molecule is CCCCCc1ccc([C@@H]2C=C(C)CCC2)c(O[C@H]2CC[C@H](O)[C@@H](CO)O2)c1. The average Bonchev–Trinajstić information content (AvgIpc) is 2.70. The molecule has 1 heterocycles. The summed E-state index contributed by atoms with van der Waals surface area (Å²) in [6.07, 6.45) is 10.3. The van der Waals surface area contributed by atoms with Gasteiger partial charge in [0.15, 0.2) is 6.29 Å². The van der Waals surface area contributed by atoms with E-state index in [-0.39, 0.29) is 6.61 Å². The highest BCUT2D eigenvalue weighted by molar-refractivity contribution is 5.42. The first-order valence-corrected chi connectivity index (χ1v) is 11.0. The minimum Gasteiger partial charge on any atom is -0.465 e. The third kappa shape index (κ3) is 5.59. The van der Waals surface area contributed by atoms with Crippen LogP contribution in [0.1, 0.15) is 82.3 Å². The van der Waals surface area contributed by atoms with Crippen molar-refractivity contribution in [2.75, 3.05) is 6.61 Å². The van der Waals surface area contributed by atoms with Crippen molar-refractivity contribution in [3.8, 4) is 5.75 Å². The van der Waals surface area contributed by atoms with Crippen LogP contribution in [-0.4, -0.2) is 35.3 Å². The smallest absolute Gasteiger partial charge is 0.200 e. The molecule has 28 heavy (non-hydrogen) atoms. The van der Waals surface area contributed by atoms with Crippen LogP contribution in [0.5, 0.6) is 5.75 Å². The molecule has 3 rings (SSSR count). The zero-order valence-electron chi connectivity index (χ0n) is 17.4. The van der Waals surface area contributed by atoms with Crippen molar-refractivity contribution in [2.24, 2.45) is 0 Å². The molecule has 0 saturated carbocycles. The number of aliphatic hydroxyl groups is 2. The minimum absolute atomic E-state index is 0.185. The average molecular weight is 389 g/mol. The van der Waals surface area contributed by atoms with Crippen molar-refractivity contribution in [1.82, 2.24) is 0 Å². The number of allylic oxidation sites excluding steroid dienone is 2. The van der Waals surface area contributed by atoms with E-state index in [1.54, 1.807) is 0 Å². The second-order valence-corrected chi connectivity index (χ2v) is 8.39. The maximum absolute atomic E-state index is 9.96. The topological polar surface area (TPSA) is 58.9 Å². The molecule has 4 heteroatoms. The van der Waals surface area contributed by atoms with Crippen molar-refractivity contribution in [2.45, 2.75) is 96.1 Å². The fourth-order valence-electron chi connectivity index (χ4n) is 4.32. The number of hydrogen-bond acceptors (Lipinski definition) is 4. The Kier molecular flexibility index (Phi) is 7.95. The Labute approximate surface area is 169 Å². The minimum atomic E-state index is -0.617. The van der Waals surface area contributed by atoms with Crippen LogP contribution in [-0.2, 0) is 11.2 Å². The van der Waals surface area contributed by atoms with Gasteiger partial charge in [-0.3, -0.25) is 0 Å². The summed E-state index contributed by atoms with van der Waals surface area (Å²) in [5.41, 5.74) is 3.98. The van der Waals surface area contributed by atoms with Gasteiger partial charge in [-0.2, -0.15) is 0 Å². The standard InChI is InChI=1S/C24H36O4/c1-3-4-5-8-18-10-11-20(19-9-6-7-17(2)14-19)22(15-18)27-24-13-12-21(26)23(16-25)28-24/h10-11,14-15,19,21,23-26H,3-9,12-13,16H2,1-2H3/t19-,21-,23+,24+/m0/s1. The Bertz CT molecular complexity index is 654. The summed E-state index contributed by atoms with van der Waals surface area (Å²) in [6, 6.07) is 6.67. The van der Waals surface area contributed by atoms with E-state index in [9.17, 15) is 10.2 Å². The number of ether oxygens (including phenoxy) is 2. The van der Waals surface area contributed by atoms with Crippen molar-refractivity contribution in [3.05, 3.63) is 41.0 Å². The summed E-state index contributed by atoms with van der Waals surface area (Å²) in [5, 5.41) is 19.4. The first-order valence-electron chi connectivity index (χ1n) is 11.0. The van der Waals surface area contributed by atoms with Crippen LogP contribution in [0.15, 0.2) is 29.8 Å². The van der Waals surface area contributed by atoms with E-state index in [1.807, 2.05) is 0 Å². The fraction of sp³-hybridized carbons (Fsp3) is 0.667. The summed E-state index contributed by atoms with van der Waals surface area (Å²) in [6.45, 7) is 4.25. The second kappa shape index (κ2) is 10.4. The predicted octanol–water partition coefficient (Wildman–Crippen LogP) is 4.87. The van der Waals surface area contributed by atoms with E-state index in [0.717, 1.165) is 18.6 Å². The molecule has 4 atom stereocenters. The van der Waals surface area contributed by atoms with Gasteiger partial charge in [0.05, 0.1) is 12.7 Å². The lowest BCUT2D eigenvalue weighted by Crippen LogP contribution is -2.43. The van der Waals surface area contributed by atoms with E-state index < -0.39 is 18.5 Å². The van der Waals surface area contributed by atoms with Gasteiger partial charge in [0.1, 0.15) is 11.9 Å². The third-order valence-corrected chi connectivity index (χ3v) is 6.01. The van der Waals surface area contributed by atoms with E-state index >= 15 is 0 Å². The molecule has 0 radical (unpaired) electrons. The number of unbranched alkanes of at least 4 members (excludes halogenated alkanes) is 2. The van der Waals surface area contributed by atoms with Gasteiger partial charge in [-0.25, -0.2) is 0 Å². The zero-order valence-corrected chi connectivity index (χ0v) is 17.4. The molecule has 0 spiro atoms. The Balaban J connectivity index is 1.80. The Morgan fingerprint density at radius 2 is 2.04 bits per heavy atom. The lowest BCUT2D eigenvalue weighted by atomic mass is 9.85. The van der Waals surface area contributed by atoms with Gasteiger partial charge in [0.2, 0.25) is 0 Å². The zero-order chi connectivity index (χ0) is 19.9. The number of benzene rings is 1. The number of aryl methyl sites for hydroxylation is 1. The maximum atomic E-state index is 9.96. The molecule has 2 aliphatic rings. The summed E-state index contributed by atoms with van der Waals surface area (Å²) in [4.78, 5) is 0. The van der Waals surface area contributed by atoms with Crippen molar-refractivity contribution >= 4 is 0 Å². The number of hydrogen-bond donors (Lipinski definition) is 2. The Morgan fingerprint density at radius 3 is 2.79 bits per heavy atom. The normalized spacial score (nSPS) is 28.1. The van der Waals surface area contributed by atoms with Crippen molar-refractivity contribution in [1.29, 1.82) is 0 Å². The van der Waals surface area contributed by atoms with Gasteiger partial charge < -0.3 is 19.7 Å². The lowest BCUT2D eigenvalue weighted by Gasteiger charge is -2.34. The van der Waals surface area contributed by atoms with Crippen LogP contribution in [0.25, 0.3) is 0 Å². The summed E-state index contributed by atoms with van der Waals surface area (Å²) in [5.74, 6) is 1.29. The lowest BCUT2D eigenvalue weighted by molar-refractivity contribution is -0.196. The molecule has 2 N–H and O–H groups in total. The van der Waals surface area contributed by atoms with Crippen LogP contribution >= 0.6 is 0 Å². The Hall–Kier alpha value is -1.36. The molecule has 0 unspecified atom stereocenters. The molecule has 0 bridgehead atoms. The molecule has 0 aromatic heterocycles. The van der Waals surface area contributed by atoms with Crippen LogP contribution in [0.2, 0.25) is 0 Å². The molecule has 1 saturated heterocycles. The van der Waals surface area contributed by atoms with E-state index in [1.165, 1.54) is 48.8 Å². The van der Waals surface area contributed by atoms with E-state index in [4.69, 9.17) is 9.47 Å². The highest BCUT2D eigenvalue weighted by Gasteiger charge is 2.31. The predicted molar refractivity (Wildman–Crippen MR) is 112 cm³/mol. The molecule has 1 aliphatic heterocycles. The first-order chi connectivity index (χ1) is 13.6.